The summed E-state index contributed by atoms with van der Waals surface area (Å²) in [5, 5.41) is 4.41. The standard InChI is InChI=1S/C12H23N3O/c1-5-12(4,13)9-16-8-11-6-7-15(14-11)10(2)3/h6-7,10H,5,8-9,13H2,1-4H3. The summed E-state index contributed by atoms with van der Waals surface area (Å²) < 4.78 is 7.50. The average Bonchev–Trinajstić information content (AvgIpc) is 2.66. The maximum absolute atomic E-state index is 5.98. The van der Waals surface area contributed by atoms with Crippen LogP contribution in [0.3, 0.4) is 0 Å². The van der Waals surface area contributed by atoms with Gasteiger partial charge in [0.15, 0.2) is 0 Å². The van der Waals surface area contributed by atoms with E-state index in [1.165, 1.54) is 0 Å². The first-order valence-electron chi connectivity index (χ1n) is 5.85. The van der Waals surface area contributed by atoms with Gasteiger partial charge in [-0.1, -0.05) is 6.92 Å². The van der Waals surface area contributed by atoms with E-state index in [-0.39, 0.29) is 5.54 Å². The van der Waals surface area contributed by atoms with Crippen LogP contribution in [0.4, 0.5) is 0 Å². The lowest BCUT2D eigenvalue weighted by atomic mass is 10.0. The third-order valence-corrected chi connectivity index (χ3v) is 2.68. The summed E-state index contributed by atoms with van der Waals surface area (Å²) in [6.45, 7) is 9.37. The number of rotatable bonds is 6. The van der Waals surface area contributed by atoms with E-state index in [1.807, 2.05) is 23.9 Å². The van der Waals surface area contributed by atoms with E-state index in [0.29, 0.717) is 19.3 Å². The minimum Gasteiger partial charge on any atom is -0.373 e. The molecule has 92 valence electrons. The van der Waals surface area contributed by atoms with Gasteiger partial charge in [0, 0.05) is 17.8 Å². The number of ether oxygens (including phenoxy) is 1. The van der Waals surface area contributed by atoms with Crippen molar-refractivity contribution < 1.29 is 4.74 Å². The summed E-state index contributed by atoms with van der Waals surface area (Å²) in [5.41, 5.74) is 6.71. The Labute approximate surface area is 97.8 Å². The second kappa shape index (κ2) is 5.46. The predicted molar refractivity (Wildman–Crippen MR) is 65.2 cm³/mol. The van der Waals surface area contributed by atoms with Crippen molar-refractivity contribution in [3.8, 4) is 0 Å². The molecule has 0 aliphatic carbocycles. The normalized spacial score (nSPS) is 15.4. The van der Waals surface area contributed by atoms with E-state index in [1.54, 1.807) is 0 Å². The fourth-order valence-electron chi connectivity index (χ4n) is 1.23. The molecule has 1 heterocycles. The highest BCUT2D eigenvalue weighted by atomic mass is 16.5. The quantitative estimate of drug-likeness (QED) is 0.806. The lowest BCUT2D eigenvalue weighted by Gasteiger charge is -2.21. The molecule has 1 rings (SSSR count). The monoisotopic (exact) mass is 225 g/mol. The van der Waals surface area contributed by atoms with E-state index in [2.05, 4.69) is 25.9 Å². The molecule has 1 aromatic rings. The van der Waals surface area contributed by atoms with Gasteiger partial charge in [-0.05, 0) is 33.3 Å². The van der Waals surface area contributed by atoms with Crippen LogP contribution in [-0.4, -0.2) is 21.9 Å². The van der Waals surface area contributed by atoms with Gasteiger partial charge in [0.2, 0.25) is 0 Å². The van der Waals surface area contributed by atoms with Gasteiger partial charge in [-0.15, -0.1) is 0 Å². The van der Waals surface area contributed by atoms with E-state index in [9.17, 15) is 0 Å². The van der Waals surface area contributed by atoms with Gasteiger partial charge in [-0.25, -0.2) is 0 Å². The predicted octanol–water partition coefficient (Wildman–Crippen LogP) is 2.11. The van der Waals surface area contributed by atoms with Gasteiger partial charge >= 0.3 is 0 Å². The Bertz CT molecular complexity index is 318. The first kappa shape index (κ1) is 13.2. The van der Waals surface area contributed by atoms with E-state index in [4.69, 9.17) is 10.5 Å². The van der Waals surface area contributed by atoms with Crippen LogP contribution >= 0.6 is 0 Å². The molecule has 0 saturated carbocycles. The Hall–Kier alpha value is -0.870. The van der Waals surface area contributed by atoms with Crippen molar-refractivity contribution in [3.05, 3.63) is 18.0 Å². The van der Waals surface area contributed by atoms with Crippen LogP contribution in [0.25, 0.3) is 0 Å². The van der Waals surface area contributed by atoms with Crippen LogP contribution in [0.1, 0.15) is 45.9 Å². The Kier molecular flexibility index (Phi) is 4.50. The maximum Gasteiger partial charge on any atom is 0.0907 e. The Balaban J connectivity index is 2.37. The smallest absolute Gasteiger partial charge is 0.0907 e. The molecule has 0 amide bonds. The third-order valence-electron chi connectivity index (χ3n) is 2.68. The van der Waals surface area contributed by atoms with Crippen molar-refractivity contribution >= 4 is 0 Å². The van der Waals surface area contributed by atoms with Crippen LogP contribution in [0, 0.1) is 0 Å². The zero-order valence-electron chi connectivity index (χ0n) is 10.7. The van der Waals surface area contributed by atoms with E-state index in [0.717, 1.165) is 12.1 Å². The maximum atomic E-state index is 5.98. The van der Waals surface area contributed by atoms with E-state index < -0.39 is 0 Å². The summed E-state index contributed by atoms with van der Waals surface area (Å²) in [4.78, 5) is 0. The van der Waals surface area contributed by atoms with Crippen LogP contribution < -0.4 is 5.73 Å². The minimum absolute atomic E-state index is 0.236. The van der Waals surface area contributed by atoms with Crippen LogP contribution in [-0.2, 0) is 11.3 Å². The fourth-order valence-corrected chi connectivity index (χ4v) is 1.23. The number of nitrogens with zero attached hydrogens (tertiary/aromatic N) is 2. The van der Waals surface area contributed by atoms with Crippen molar-refractivity contribution in [1.29, 1.82) is 0 Å². The molecule has 0 radical (unpaired) electrons. The van der Waals surface area contributed by atoms with Crippen molar-refractivity contribution in [2.45, 2.75) is 52.3 Å². The van der Waals surface area contributed by atoms with E-state index >= 15 is 0 Å². The molecule has 0 spiro atoms. The van der Waals surface area contributed by atoms with Crippen LogP contribution in [0.2, 0.25) is 0 Å². The van der Waals surface area contributed by atoms with Crippen molar-refractivity contribution in [3.63, 3.8) is 0 Å². The van der Waals surface area contributed by atoms with Gasteiger partial charge in [0.05, 0.1) is 18.9 Å². The molecule has 1 aromatic heterocycles. The minimum atomic E-state index is -0.236. The first-order chi connectivity index (χ1) is 7.44. The number of nitrogens with two attached hydrogens (primary N) is 1. The number of hydrogen-bond donors (Lipinski definition) is 1. The second-order valence-electron chi connectivity index (χ2n) is 4.88. The summed E-state index contributed by atoms with van der Waals surface area (Å²) in [6.07, 6.45) is 2.89. The SMILES string of the molecule is CCC(C)(N)COCc1ccn(C(C)C)n1. The van der Waals surface area contributed by atoms with Crippen LogP contribution in [0.15, 0.2) is 12.3 Å². The second-order valence-corrected chi connectivity index (χ2v) is 4.88. The topological polar surface area (TPSA) is 53.1 Å². The molecule has 16 heavy (non-hydrogen) atoms. The number of aromatic nitrogens is 2. The molecule has 0 aliphatic heterocycles. The number of hydrogen-bond acceptors (Lipinski definition) is 3. The van der Waals surface area contributed by atoms with Crippen molar-refractivity contribution in [2.75, 3.05) is 6.61 Å². The zero-order valence-corrected chi connectivity index (χ0v) is 10.7. The molecule has 0 fully saturated rings. The molecule has 0 bridgehead atoms. The highest BCUT2D eigenvalue weighted by Crippen LogP contribution is 2.08. The van der Waals surface area contributed by atoms with Gasteiger partial charge in [-0.2, -0.15) is 5.10 Å². The molecule has 4 nitrogen and oxygen atoms in total. The summed E-state index contributed by atoms with van der Waals surface area (Å²) in [7, 11) is 0. The van der Waals surface area contributed by atoms with Gasteiger partial charge in [0.1, 0.15) is 0 Å². The molecule has 2 N–H and O–H groups in total. The lowest BCUT2D eigenvalue weighted by molar-refractivity contribution is 0.0753. The summed E-state index contributed by atoms with van der Waals surface area (Å²) in [5.74, 6) is 0. The molecule has 4 heteroatoms. The lowest BCUT2D eigenvalue weighted by Crippen LogP contribution is -2.40. The molecular weight excluding hydrogens is 202 g/mol. The highest BCUT2D eigenvalue weighted by molar-refractivity contribution is 4.97. The van der Waals surface area contributed by atoms with Crippen molar-refractivity contribution in [1.82, 2.24) is 9.78 Å². The van der Waals surface area contributed by atoms with Crippen LogP contribution in [0.5, 0.6) is 0 Å². The summed E-state index contributed by atoms with van der Waals surface area (Å²) >= 11 is 0. The Morgan fingerprint density at radius 3 is 2.75 bits per heavy atom. The van der Waals surface area contributed by atoms with Crippen molar-refractivity contribution in [2.24, 2.45) is 5.73 Å². The molecule has 0 saturated heterocycles. The van der Waals surface area contributed by atoms with Gasteiger partial charge in [-0.3, -0.25) is 4.68 Å². The largest absolute Gasteiger partial charge is 0.373 e. The Morgan fingerprint density at radius 1 is 1.56 bits per heavy atom. The molecule has 0 aliphatic rings. The van der Waals surface area contributed by atoms with Gasteiger partial charge in [0.25, 0.3) is 0 Å². The summed E-state index contributed by atoms with van der Waals surface area (Å²) in [6, 6.07) is 2.38. The Morgan fingerprint density at radius 2 is 2.25 bits per heavy atom. The first-order valence-corrected chi connectivity index (χ1v) is 5.85. The molecular formula is C12H23N3O. The molecule has 0 aromatic carbocycles. The van der Waals surface area contributed by atoms with Gasteiger partial charge < -0.3 is 10.5 Å². The molecule has 1 atom stereocenters. The highest BCUT2D eigenvalue weighted by Gasteiger charge is 2.15. The third kappa shape index (κ3) is 3.94. The fraction of sp³-hybridized carbons (Fsp3) is 0.750. The average molecular weight is 225 g/mol. The zero-order chi connectivity index (χ0) is 12.2. The molecule has 1 unspecified atom stereocenters.